The van der Waals surface area contributed by atoms with Crippen molar-refractivity contribution in [1.29, 1.82) is 0 Å². The van der Waals surface area contributed by atoms with Gasteiger partial charge in [0.2, 0.25) is 0 Å². The zero-order chi connectivity index (χ0) is 15.0. The summed E-state index contributed by atoms with van der Waals surface area (Å²) in [6.07, 6.45) is 8.68. The van der Waals surface area contributed by atoms with Crippen molar-refractivity contribution in [3.8, 4) is 0 Å². The molecule has 0 bridgehead atoms. The molecule has 1 N–H and O–H groups in total. The van der Waals surface area contributed by atoms with Gasteiger partial charge in [-0.3, -0.25) is 0 Å². The Hall–Kier alpha value is -0.860. The number of ether oxygens (including phenoxy) is 1. The highest BCUT2D eigenvalue weighted by molar-refractivity contribution is 5.15. The number of aliphatic hydroxyl groups is 1. The molecule has 0 saturated carbocycles. The van der Waals surface area contributed by atoms with Crippen LogP contribution in [0.1, 0.15) is 57.4 Å². The van der Waals surface area contributed by atoms with Crippen molar-refractivity contribution in [2.45, 2.75) is 63.9 Å². The van der Waals surface area contributed by atoms with Crippen molar-refractivity contribution in [1.82, 2.24) is 0 Å². The van der Waals surface area contributed by atoms with Crippen LogP contribution in [0.2, 0.25) is 0 Å². The van der Waals surface area contributed by atoms with Crippen LogP contribution in [0.5, 0.6) is 0 Å². The van der Waals surface area contributed by atoms with Crippen molar-refractivity contribution in [3.05, 3.63) is 35.9 Å². The van der Waals surface area contributed by atoms with Crippen LogP contribution in [-0.2, 0) is 11.2 Å². The Balaban J connectivity index is 1.94. The highest BCUT2D eigenvalue weighted by Gasteiger charge is 2.32. The molecule has 1 atom stereocenters. The Morgan fingerprint density at radius 1 is 1.14 bits per heavy atom. The lowest BCUT2D eigenvalue weighted by molar-refractivity contribution is -0.0769. The van der Waals surface area contributed by atoms with Gasteiger partial charge in [-0.1, -0.05) is 62.9 Å². The smallest absolute Gasteiger partial charge is 0.0694 e. The van der Waals surface area contributed by atoms with Crippen LogP contribution < -0.4 is 0 Å². The van der Waals surface area contributed by atoms with E-state index in [9.17, 15) is 5.11 Å². The van der Waals surface area contributed by atoms with Crippen molar-refractivity contribution in [3.63, 3.8) is 0 Å². The van der Waals surface area contributed by atoms with Gasteiger partial charge in [0.25, 0.3) is 0 Å². The van der Waals surface area contributed by atoms with E-state index in [0.717, 1.165) is 25.7 Å². The van der Waals surface area contributed by atoms with Crippen LogP contribution in [-0.4, -0.2) is 23.9 Å². The van der Waals surface area contributed by atoms with Crippen LogP contribution >= 0.6 is 0 Å². The Morgan fingerprint density at radius 2 is 1.86 bits per heavy atom. The quantitative estimate of drug-likeness (QED) is 0.721. The summed E-state index contributed by atoms with van der Waals surface area (Å²) in [5, 5.41) is 10.8. The lowest BCUT2D eigenvalue weighted by atomic mass is 9.80. The number of hydrogen-bond donors (Lipinski definition) is 1. The second kappa shape index (κ2) is 8.55. The standard InChI is InChI=1S/C19H30O2/c1-2-3-5-10-18(15-17-8-6-4-7-9-17)16-19(20)11-13-21-14-12-19/h4,6-9,18,20H,2-3,5,10-16H2,1H3. The minimum absolute atomic E-state index is 0.496. The third kappa shape index (κ3) is 5.80. The molecule has 1 aromatic rings. The lowest BCUT2D eigenvalue weighted by Gasteiger charge is -2.35. The molecule has 0 spiro atoms. The fourth-order valence-electron chi connectivity index (χ4n) is 3.40. The molecule has 0 aliphatic carbocycles. The van der Waals surface area contributed by atoms with E-state index in [1.54, 1.807) is 0 Å². The average molecular weight is 290 g/mol. The summed E-state index contributed by atoms with van der Waals surface area (Å²) in [7, 11) is 0. The molecule has 0 amide bonds. The van der Waals surface area contributed by atoms with Gasteiger partial charge in [0.1, 0.15) is 0 Å². The fraction of sp³-hybridized carbons (Fsp3) is 0.684. The first-order valence-corrected chi connectivity index (χ1v) is 8.56. The van der Waals surface area contributed by atoms with E-state index in [1.165, 1.54) is 31.2 Å². The van der Waals surface area contributed by atoms with Crippen molar-refractivity contribution >= 4 is 0 Å². The van der Waals surface area contributed by atoms with Gasteiger partial charge < -0.3 is 9.84 Å². The minimum Gasteiger partial charge on any atom is -0.390 e. The maximum absolute atomic E-state index is 10.8. The van der Waals surface area contributed by atoms with E-state index < -0.39 is 5.60 Å². The maximum Gasteiger partial charge on any atom is 0.0694 e. The molecule has 1 fully saturated rings. The van der Waals surface area contributed by atoms with Crippen LogP contribution in [0, 0.1) is 5.92 Å². The molecule has 118 valence electrons. The van der Waals surface area contributed by atoms with E-state index in [4.69, 9.17) is 4.74 Å². The Bertz CT molecular complexity index is 382. The lowest BCUT2D eigenvalue weighted by Crippen LogP contribution is -2.38. The normalized spacial score (nSPS) is 19.3. The third-order valence-corrected chi connectivity index (χ3v) is 4.68. The number of rotatable bonds is 8. The highest BCUT2D eigenvalue weighted by atomic mass is 16.5. The minimum atomic E-state index is -0.496. The Kier molecular flexibility index (Phi) is 6.72. The van der Waals surface area contributed by atoms with Gasteiger partial charge in [0.15, 0.2) is 0 Å². The fourth-order valence-corrected chi connectivity index (χ4v) is 3.40. The molecular formula is C19H30O2. The van der Waals surface area contributed by atoms with E-state index in [2.05, 4.69) is 37.3 Å². The summed E-state index contributed by atoms with van der Waals surface area (Å²) in [5.74, 6) is 0.585. The Labute approximate surface area is 129 Å². The van der Waals surface area contributed by atoms with E-state index in [1.807, 2.05) is 0 Å². The summed E-state index contributed by atoms with van der Waals surface area (Å²) in [6, 6.07) is 10.7. The number of unbranched alkanes of at least 4 members (excludes halogenated alkanes) is 2. The van der Waals surface area contributed by atoms with Crippen LogP contribution in [0.25, 0.3) is 0 Å². The second-order valence-electron chi connectivity index (χ2n) is 6.59. The molecule has 2 nitrogen and oxygen atoms in total. The van der Waals surface area contributed by atoms with Crippen LogP contribution in [0.4, 0.5) is 0 Å². The third-order valence-electron chi connectivity index (χ3n) is 4.68. The van der Waals surface area contributed by atoms with Gasteiger partial charge in [-0.25, -0.2) is 0 Å². The predicted molar refractivity (Wildman–Crippen MR) is 87.4 cm³/mol. The first-order valence-electron chi connectivity index (χ1n) is 8.56. The number of hydrogen-bond acceptors (Lipinski definition) is 2. The second-order valence-corrected chi connectivity index (χ2v) is 6.59. The summed E-state index contributed by atoms with van der Waals surface area (Å²) in [4.78, 5) is 0. The molecule has 0 radical (unpaired) electrons. The number of benzene rings is 1. The van der Waals surface area contributed by atoms with Crippen molar-refractivity contribution < 1.29 is 9.84 Å². The predicted octanol–water partition coefficient (Wildman–Crippen LogP) is 4.36. The van der Waals surface area contributed by atoms with Gasteiger partial charge >= 0.3 is 0 Å². The van der Waals surface area contributed by atoms with Crippen LogP contribution in [0.3, 0.4) is 0 Å². The van der Waals surface area contributed by atoms with Crippen molar-refractivity contribution in [2.24, 2.45) is 5.92 Å². The monoisotopic (exact) mass is 290 g/mol. The summed E-state index contributed by atoms with van der Waals surface area (Å²) in [6.45, 7) is 3.67. The van der Waals surface area contributed by atoms with Gasteiger partial charge in [0.05, 0.1) is 5.60 Å². The van der Waals surface area contributed by atoms with Gasteiger partial charge in [-0.2, -0.15) is 0 Å². The van der Waals surface area contributed by atoms with Gasteiger partial charge in [-0.15, -0.1) is 0 Å². The van der Waals surface area contributed by atoms with Gasteiger partial charge in [-0.05, 0) is 37.2 Å². The molecule has 1 aliphatic heterocycles. The summed E-state index contributed by atoms with van der Waals surface area (Å²) in [5.41, 5.74) is 0.902. The molecule has 2 rings (SSSR count). The highest BCUT2D eigenvalue weighted by Crippen LogP contribution is 2.32. The molecular weight excluding hydrogens is 260 g/mol. The van der Waals surface area contributed by atoms with Crippen molar-refractivity contribution in [2.75, 3.05) is 13.2 Å². The molecule has 1 saturated heterocycles. The van der Waals surface area contributed by atoms with E-state index >= 15 is 0 Å². The molecule has 1 aliphatic rings. The molecule has 1 unspecified atom stereocenters. The SMILES string of the molecule is CCCCCC(Cc1ccccc1)CC1(O)CCOCC1. The largest absolute Gasteiger partial charge is 0.390 e. The molecule has 0 aromatic heterocycles. The first-order chi connectivity index (χ1) is 10.2. The van der Waals surface area contributed by atoms with E-state index in [-0.39, 0.29) is 0 Å². The van der Waals surface area contributed by atoms with Crippen LogP contribution in [0.15, 0.2) is 30.3 Å². The van der Waals surface area contributed by atoms with Gasteiger partial charge in [0, 0.05) is 13.2 Å². The molecule has 21 heavy (non-hydrogen) atoms. The van der Waals surface area contributed by atoms with E-state index in [0.29, 0.717) is 19.1 Å². The Morgan fingerprint density at radius 3 is 2.52 bits per heavy atom. The first kappa shape index (κ1) is 16.5. The molecule has 1 aromatic carbocycles. The topological polar surface area (TPSA) is 29.5 Å². The zero-order valence-corrected chi connectivity index (χ0v) is 13.4. The maximum atomic E-state index is 10.8. The molecule has 1 heterocycles. The summed E-state index contributed by atoms with van der Waals surface area (Å²) >= 11 is 0. The average Bonchev–Trinajstić information content (AvgIpc) is 2.49. The molecule has 2 heteroatoms. The zero-order valence-electron chi connectivity index (χ0n) is 13.4. The summed E-state index contributed by atoms with van der Waals surface area (Å²) < 4.78 is 5.40.